The maximum atomic E-state index is 12.8. The van der Waals surface area contributed by atoms with Gasteiger partial charge in [0.1, 0.15) is 17.0 Å². The summed E-state index contributed by atoms with van der Waals surface area (Å²) < 4.78 is 25.6. The summed E-state index contributed by atoms with van der Waals surface area (Å²) in [6.07, 6.45) is 0.482. The summed E-state index contributed by atoms with van der Waals surface area (Å²) >= 11 is 0. The van der Waals surface area contributed by atoms with Gasteiger partial charge < -0.3 is 4.79 Å². The van der Waals surface area contributed by atoms with Crippen LogP contribution in [-0.4, -0.2) is 20.0 Å². The summed E-state index contributed by atoms with van der Waals surface area (Å²) in [6.45, 7) is 0. The molecule has 1 aliphatic carbocycles. The molecule has 5 heteroatoms. The molecule has 3 rings (SSSR count). The van der Waals surface area contributed by atoms with Gasteiger partial charge in [0.2, 0.25) is 0 Å². The van der Waals surface area contributed by atoms with Gasteiger partial charge in [-0.3, -0.25) is 0 Å². The van der Waals surface area contributed by atoms with Gasteiger partial charge in [-0.15, -0.1) is 0 Å². The van der Waals surface area contributed by atoms with Gasteiger partial charge in [-0.25, -0.2) is 8.42 Å². The third-order valence-corrected chi connectivity index (χ3v) is 6.39. The highest BCUT2D eigenvalue weighted by Crippen LogP contribution is 2.62. The Bertz CT molecular complexity index is 840. The van der Waals surface area contributed by atoms with E-state index in [-0.39, 0.29) is 4.90 Å². The minimum absolute atomic E-state index is 0.139. The van der Waals surface area contributed by atoms with Crippen molar-refractivity contribution in [3.8, 4) is 6.07 Å². The van der Waals surface area contributed by atoms with Crippen LogP contribution >= 0.6 is 0 Å². The van der Waals surface area contributed by atoms with Gasteiger partial charge in [0.15, 0.2) is 9.84 Å². The molecule has 0 saturated heterocycles. The molecule has 0 amide bonds. The van der Waals surface area contributed by atoms with Crippen LogP contribution < -0.4 is 0 Å². The molecule has 0 radical (unpaired) electrons. The lowest BCUT2D eigenvalue weighted by Gasteiger charge is -2.03. The highest BCUT2D eigenvalue weighted by molar-refractivity contribution is 7.92. The van der Waals surface area contributed by atoms with Crippen LogP contribution in [0, 0.1) is 16.7 Å². The fourth-order valence-electron chi connectivity index (χ4n) is 2.98. The van der Waals surface area contributed by atoms with Gasteiger partial charge in [-0.2, -0.15) is 5.26 Å². The van der Waals surface area contributed by atoms with Gasteiger partial charge in [0.25, 0.3) is 0 Å². The fraction of sp³-hybridized carbons (Fsp3) is 0.176. The summed E-state index contributed by atoms with van der Waals surface area (Å²) in [5.41, 5.74) is -0.809. The SMILES string of the molecule is N#C[C@@]1(C=O)[C@H](c2ccccc2)[C@@H]1S(=O)(=O)c1ccccc1. The smallest absolute Gasteiger partial charge is 0.183 e. The minimum atomic E-state index is -3.75. The summed E-state index contributed by atoms with van der Waals surface area (Å²) in [5, 5.41) is 8.39. The molecule has 4 nitrogen and oxygen atoms in total. The lowest BCUT2D eigenvalue weighted by molar-refractivity contribution is -0.110. The van der Waals surface area contributed by atoms with Crippen molar-refractivity contribution in [3.63, 3.8) is 0 Å². The lowest BCUT2D eigenvalue weighted by Crippen LogP contribution is -2.16. The second-order valence-electron chi connectivity index (χ2n) is 5.33. The minimum Gasteiger partial charge on any atom is -0.302 e. The van der Waals surface area contributed by atoms with Crippen molar-refractivity contribution >= 4 is 16.1 Å². The zero-order valence-corrected chi connectivity index (χ0v) is 12.4. The van der Waals surface area contributed by atoms with Gasteiger partial charge in [0.05, 0.1) is 11.0 Å². The molecule has 0 bridgehead atoms. The number of aldehydes is 1. The average Bonchev–Trinajstić information content (AvgIpc) is 3.27. The van der Waals surface area contributed by atoms with Crippen LogP contribution in [-0.2, 0) is 14.6 Å². The Kier molecular flexibility index (Phi) is 3.34. The van der Waals surface area contributed by atoms with E-state index < -0.39 is 26.4 Å². The Morgan fingerprint density at radius 3 is 2.05 bits per heavy atom. The van der Waals surface area contributed by atoms with E-state index in [0.29, 0.717) is 11.8 Å². The quantitative estimate of drug-likeness (QED) is 0.812. The van der Waals surface area contributed by atoms with Gasteiger partial charge in [0, 0.05) is 5.92 Å². The van der Waals surface area contributed by atoms with Crippen LogP contribution in [0.2, 0.25) is 0 Å². The summed E-state index contributed by atoms with van der Waals surface area (Å²) in [6, 6.07) is 18.7. The third-order valence-electron chi connectivity index (χ3n) is 4.13. The molecule has 3 atom stereocenters. The van der Waals surface area contributed by atoms with Crippen molar-refractivity contribution in [3.05, 3.63) is 66.2 Å². The van der Waals surface area contributed by atoms with Gasteiger partial charge >= 0.3 is 0 Å². The van der Waals surface area contributed by atoms with Crippen molar-refractivity contribution in [2.75, 3.05) is 0 Å². The predicted octanol–water partition coefficient (Wildman–Crippen LogP) is 2.34. The molecule has 1 aliphatic rings. The van der Waals surface area contributed by atoms with Gasteiger partial charge in [-0.1, -0.05) is 48.5 Å². The van der Waals surface area contributed by atoms with Gasteiger partial charge in [-0.05, 0) is 17.7 Å². The molecule has 0 aromatic heterocycles. The van der Waals surface area contributed by atoms with E-state index in [1.165, 1.54) is 12.1 Å². The van der Waals surface area contributed by atoms with Crippen LogP contribution in [0.3, 0.4) is 0 Å². The lowest BCUT2D eigenvalue weighted by atomic mass is 10.0. The molecule has 0 unspecified atom stereocenters. The van der Waals surface area contributed by atoms with Crippen LogP contribution in [0.1, 0.15) is 11.5 Å². The van der Waals surface area contributed by atoms with Crippen LogP contribution in [0.25, 0.3) is 0 Å². The van der Waals surface area contributed by atoms with Crippen molar-refractivity contribution < 1.29 is 13.2 Å². The highest BCUT2D eigenvalue weighted by atomic mass is 32.2. The maximum absolute atomic E-state index is 12.8. The number of benzene rings is 2. The second-order valence-corrected chi connectivity index (χ2v) is 7.40. The first kappa shape index (κ1) is 14.5. The molecule has 2 aromatic carbocycles. The second kappa shape index (κ2) is 5.08. The third kappa shape index (κ3) is 1.96. The normalized spacial score (nSPS) is 26.9. The zero-order valence-electron chi connectivity index (χ0n) is 11.6. The van der Waals surface area contributed by atoms with E-state index >= 15 is 0 Å². The maximum Gasteiger partial charge on any atom is 0.183 e. The zero-order chi connectivity index (χ0) is 15.8. The number of nitrogens with zero attached hydrogens (tertiary/aromatic N) is 1. The Balaban J connectivity index is 2.10. The Hall–Kier alpha value is -2.45. The molecular formula is C17H13NO3S. The number of nitriles is 1. The molecule has 1 fully saturated rings. The standard InChI is InChI=1S/C17H13NO3S/c18-11-17(12-19)15(13-7-3-1-4-8-13)16(17)22(20,21)14-9-5-2-6-10-14/h1-10,12,15-16H/t15-,16+,17-/m1/s1. The van der Waals surface area contributed by atoms with E-state index in [4.69, 9.17) is 0 Å². The molecular weight excluding hydrogens is 298 g/mol. The monoisotopic (exact) mass is 311 g/mol. The molecule has 2 aromatic rings. The fourth-order valence-corrected chi connectivity index (χ4v) is 5.24. The molecule has 1 saturated carbocycles. The van der Waals surface area contributed by atoms with E-state index in [0.717, 1.165) is 0 Å². The number of hydrogen-bond acceptors (Lipinski definition) is 4. The van der Waals surface area contributed by atoms with Crippen molar-refractivity contribution in [2.24, 2.45) is 5.41 Å². The summed E-state index contributed by atoms with van der Waals surface area (Å²) in [5.74, 6) is -0.624. The first-order valence-electron chi connectivity index (χ1n) is 6.79. The summed E-state index contributed by atoms with van der Waals surface area (Å²) in [7, 11) is -3.75. The first-order valence-corrected chi connectivity index (χ1v) is 8.34. The highest BCUT2D eigenvalue weighted by Gasteiger charge is 2.72. The Morgan fingerprint density at radius 1 is 1.00 bits per heavy atom. The number of rotatable bonds is 4. The number of carbonyl (C=O) groups is 1. The molecule has 0 spiro atoms. The average molecular weight is 311 g/mol. The predicted molar refractivity (Wildman–Crippen MR) is 80.7 cm³/mol. The van der Waals surface area contributed by atoms with Crippen molar-refractivity contribution in [2.45, 2.75) is 16.1 Å². The number of hydrogen-bond donors (Lipinski definition) is 0. The Labute approximate surface area is 128 Å². The van der Waals surface area contributed by atoms with E-state index in [9.17, 15) is 18.5 Å². The molecule has 22 heavy (non-hydrogen) atoms. The van der Waals surface area contributed by atoms with E-state index in [1.54, 1.807) is 42.5 Å². The van der Waals surface area contributed by atoms with Crippen LogP contribution in [0.5, 0.6) is 0 Å². The first-order chi connectivity index (χ1) is 10.6. The van der Waals surface area contributed by atoms with E-state index in [2.05, 4.69) is 0 Å². The number of carbonyl (C=O) groups excluding carboxylic acids is 1. The largest absolute Gasteiger partial charge is 0.302 e. The Morgan fingerprint density at radius 2 is 1.55 bits per heavy atom. The number of sulfone groups is 1. The van der Waals surface area contributed by atoms with Crippen LogP contribution in [0.15, 0.2) is 65.6 Å². The molecule has 110 valence electrons. The van der Waals surface area contributed by atoms with E-state index in [1.807, 2.05) is 12.1 Å². The van der Waals surface area contributed by atoms with Crippen molar-refractivity contribution in [1.29, 1.82) is 5.26 Å². The summed E-state index contributed by atoms with van der Waals surface area (Å²) in [4.78, 5) is 11.6. The topological polar surface area (TPSA) is 75.0 Å². The van der Waals surface area contributed by atoms with Crippen LogP contribution in [0.4, 0.5) is 0 Å². The molecule has 0 heterocycles. The molecule has 0 aliphatic heterocycles. The van der Waals surface area contributed by atoms with Crippen molar-refractivity contribution in [1.82, 2.24) is 0 Å². The molecule has 0 N–H and O–H groups in total.